The van der Waals surface area contributed by atoms with Crippen LogP contribution in [0.1, 0.15) is 0 Å². The maximum absolute atomic E-state index is 5.85. The zero-order valence-electron chi connectivity index (χ0n) is 10.1. The highest BCUT2D eigenvalue weighted by Crippen LogP contribution is 2.24. The second-order valence-electron chi connectivity index (χ2n) is 3.83. The van der Waals surface area contributed by atoms with Crippen LogP contribution in [0, 0.1) is 0 Å². The minimum absolute atomic E-state index is 0.722. The summed E-state index contributed by atoms with van der Waals surface area (Å²) in [4.78, 5) is 8.71. The lowest BCUT2D eigenvalue weighted by Crippen LogP contribution is -1.88. The zero-order valence-corrected chi connectivity index (χ0v) is 10.1. The Balaban J connectivity index is 0.000000202. The molecule has 0 unspecified atom stereocenters. The van der Waals surface area contributed by atoms with E-state index < -0.39 is 0 Å². The van der Waals surface area contributed by atoms with Gasteiger partial charge in [0.1, 0.15) is 0 Å². The monoisotopic (exact) mass is 240 g/mol. The lowest BCUT2D eigenvalue weighted by Gasteiger charge is -2.03. The average Bonchev–Trinajstić information content (AvgIpc) is 2.99. The molecule has 0 aliphatic carbocycles. The van der Waals surface area contributed by atoms with Gasteiger partial charge in [-0.3, -0.25) is 4.89 Å². The van der Waals surface area contributed by atoms with E-state index in [1.165, 1.54) is 5.56 Å². The molecule has 2 aromatic rings. The molecule has 0 aromatic heterocycles. The lowest BCUT2D eigenvalue weighted by atomic mass is 9.99. The lowest BCUT2D eigenvalue weighted by molar-refractivity contribution is -0.181. The van der Waals surface area contributed by atoms with Crippen molar-refractivity contribution in [1.82, 2.24) is 0 Å². The molecule has 1 saturated heterocycles. The molecule has 18 heavy (non-hydrogen) atoms. The van der Waals surface area contributed by atoms with Crippen molar-refractivity contribution in [2.24, 2.45) is 0 Å². The molecule has 3 nitrogen and oxygen atoms in total. The van der Waals surface area contributed by atoms with Crippen LogP contribution in [0.15, 0.2) is 54.6 Å². The number of hydrogen-bond acceptors (Lipinski definition) is 3. The molecule has 1 heterocycles. The molecule has 1 aliphatic rings. The van der Waals surface area contributed by atoms with Crippen LogP contribution in [0.4, 0.5) is 5.69 Å². The van der Waals surface area contributed by atoms with E-state index in [1.807, 2.05) is 42.5 Å². The first kappa shape index (κ1) is 12.7. The largest absolute Gasteiger partial charge is 0.398 e. The van der Waals surface area contributed by atoms with Gasteiger partial charge in [-0.15, -0.1) is 0 Å². The summed E-state index contributed by atoms with van der Waals surface area (Å²) in [6, 6.07) is 18.1. The SMILES string of the molecule is Nc1ccccc1-c1ccccc1.[B]1CCOO1. The van der Waals surface area contributed by atoms with Crippen LogP contribution in [0.5, 0.6) is 0 Å². The van der Waals surface area contributed by atoms with Crippen LogP contribution in [0.3, 0.4) is 0 Å². The quantitative estimate of drug-likeness (QED) is 0.473. The Morgan fingerprint density at radius 1 is 0.944 bits per heavy atom. The first-order valence-electron chi connectivity index (χ1n) is 5.88. The van der Waals surface area contributed by atoms with Gasteiger partial charge >= 0.3 is 7.48 Å². The van der Waals surface area contributed by atoms with Gasteiger partial charge in [-0.25, -0.2) is 0 Å². The zero-order chi connectivity index (χ0) is 12.6. The van der Waals surface area contributed by atoms with E-state index in [0.717, 1.165) is 24.2 Å². The molecule has 1 radical (unpaired) electrons. The Morgan fingerprint density at radius 3 is 2.22 bits per heavy atom. The predicted octanol–water partition coefficient (Wildman–Crippen LogP) is 2.92. The Bertz CT molecular complexity index is 465. The molecule has 0 bridgehead atoms. The normalized spacial score (nSPS) is 13.3. The van der Waals surface area contributed by atoms with Crippen molar-refractivity contribution in [2.45, 2.75) is 6.32 Å². The van der Waals surface area contributed by atoms with Gasteiger partial charge in [0.25, 0.3) is 0 Å². The Kier molecular flexibility index (Phi) is 4.82. The molecule has 4 heteroatoms. The van der Waals surface area contributed by atoms with Crippen molar-refractivity contribution in [3.63, 3.8) is 0 Å². The third-order valence-electron chi connectivity index (χ3n) is 2.50. The fourth-order valence-corrected chi connectivity index (χ4v) is 1.62. The third-order valence-corrected chi connectivity index (χ3v) is 2.50. The van der Waals surface area contributed by atoms with E-state index >= 15 is 0 Å². The fourth-order valence-electron chi connectivity index (χ4n) is 1.62. The maximum atomic E-state index is 5.85. The molecule has 1 aliphatic heterocycles. The van der Waals surface area contributed by atoms with E-state index in [0.29, 0.717) is 0 Å². The molecular formula is C14H15BNO2. The van der Waals surface area contributed by atoms with Gasteiger partial charge in [0.05, 0.1) is 6.61 Å². The highest BCUT2D eigenvalue weighted by atomic mass is 17.2. The van der Waals surface area contributed by atoms with Crippen LogP contribution in [0.2, 0.25) is 6.32 Å². The number of nitrogen functional groups attached to an aromatic ring is 1. The first-order chi connectivity index (χ1) is 8.88. The van der Waals surface area contributed by atoms with Crippen molar-refractivity contribution in [2.75, 3.05) is 12.3 Å². The summed E-state index contributed by atoms with van der Waals surface area (Å²) in [7, 11) is 1.64. The van der Waals surface area contributed by atoms with Crippen LogP contribution in [-0.4, -0.2) is 14.1 Å². The van der Waals surface area contributed by atoms with E-state index in [2.05, 4.69) is 21.8 Å². The smallest absolute Gasteiger partial charge is 0.346 e. The van der Waals surface area contributed by atoms with E-state index in [4.69, 9.17) is 5.73 Å². The number of anilines is 1. The molecule has 3 rings (SSSR count). The first-order valence-corrected chi connectivity index (χ1v) is 5.88. The molecule has 1 fully saturated rings. The standard InChI is InChI=1S/C12H11N.C2H4BO2/c13-12-9-5-4-8-11(12)10-6-2-1-3-7-10;1-2-4-5-3-1/h1-9H,13H2;1-2H2. The van der Waals surface area contributed by atoms with E-state index in [-0.39, 0.29) is 0 Å². The summed E-state index contributed by atoms with van der Waals surface area (Å²) in [5, 5.41) is 0. The Hall–Kier alpha value is -1.78. The van der Waals surface area contributed by atoms with Gasteiger partial charge in [0, 0.05) is 11.3 Å². The van der Waals surface area contributed by atoms with Gasteiger partial charge in [-0.2, -0.15) is 0 Å². The van der Waals surface area contributed by atoms with Crippen molar-refractivity contribution in [3.8, 4) is 11.1 Å². The van der Waals surface area contributed by atoms with Crippen molar-refractivity contribution >= 4 is 13.2 Å². The highest BCUT2D eigenvalue weighted by molar-refractivity contribution is 6.27. The highest BCUT2D eigenvalue weighted by Gasteiger charge is 2.00. The molecular weight excluding hydrogens is 225 g/mol. The van der Waals surface area contributed by atoms with Gasteiger partial charge in [-0.05, 0) is 17.9 Å². The topological polar surface area (TPSA) is 44.5 Å². The fraction of sp³-hybridized carbons (Fsp3) is 0.143. The summed E-state index contributed by atoms with van der Waals surface area (Å²) < 4.78 is 0. The second kappa shape index (κ2) is 6.84. The van der Waals surface area contributed by atoms with E-state index in [1.54, 1.807) is 7.48 Å². The Labute approximate surface area is 108 Å². The van der Waals surface area contributed by atoms with Crippen molar-refractivity contribution in [3.05, 3.63) is 54.6 Å². The molecule has 2 N–H and O–H groups in total. The number of benzene rings is 2. The van der Waals surface area contributed by atoms with Gasteiger partial charge in [0.15, 0.2) is 0 Å². The van der Waals surface area contributed by atoms with Crippen LogP contribution >= 0.6 is 0 Å². The van der Waals surface area contributed by atoms with Gasteiger partial charge in [-0.1, -0.05) is 48.5 Å². The van der Waals surface area contributed by atoms with Crippen molar-refractivity contribution < 1.29 is 9.69 Å². The van der Waals surface area contributed by atoms with Crippen LogP contribution in [0.25, 0.3) is 11.1 Å². The Morgan fingerprint density at radius 2 is 1.67 bits per heavy atom. The molecule has 91 valence electrons. The number of rotatable bonds is 1. The van der Waals surface area contributed by atoms with E-state index in [9.17, 15) is 0 Å². The number of nitrogens with two attached hydrogens (primary N) is 1. The third kappa shape index (κ3) is 3.62. The molecule has 0 atom stereocenters. The summed E-state index contributed by atoms with van der Waals surface area (Å²) in [6.45, 7) is 0.722. The summed E-state index contributed by atoms with van der Waals surface area (Å²) in [6.07, 6.45) is 0.931. The molecule has 0 amide bonds. The van der Waals surface area contributed by atoms with Crippen molar-refractivity contribution in [1.29, 1.82) is 0 Å². The predicted molar refractivity (Wildman–Crippen MR) is 73.9 cm³/mol. The minimum Gasteiger partial charge on any atom is -0.398 e. The number of hydrogen-bond donors (Lipinski definition) is 1. The molecule has 0 saturated carbocycles. The average molecular weight is 240 g/mol. The maximum Gasteiger partial charge on any atom is 0.346 e. The van der Waals surface area contributed by atoms with Crippen LogP contribution in [-0.2, 0) is 9.69 Å². The van der Waals surface area contributed by atoms with Gasteiger partial charge < -0.3 is 10.5 Å². The summed E-state index contributed by atoms with van der Waals surface area (Å²) in [5.41, 5.74) is 8.95. The summed E-state index contributed by atoms with van der Waals surface area (Å²) >= 11 is 0. The van der Waals surface area contributed by atoms with Gasteiger partial charge in [0.2, 0.25) is 0 Å². The van der Waals surface area contributed by atoms with Crippen LogP contribution < -0.4 is 5.73 Å². The second-order valence-corrected chi connectivity index (χ2v) is 3.83. The number of para-hydroxylation sites is 1. The molecule has 0 spiro atoms. The molecule has 2 aromatic carbocycles. The summed E-state index contributed by atoms with van der Waals surface area (Å²) in [5.74, 6) is 0. The minimum atomic E-state index is 0.722.